The number of alkyl halides is 3. The molecule has 3 rings (SSSR count). The van der Waals surface area contributed by atoms with Crippen LogP contribution in [0.3, 0.4) is 0 Å². The molecule has 1 fully saturated rings. The van der Waals surface area contributed by atoms with E-state index in [4.69, 9.17) is 0 Å². The standard InChI is InChI=1S/C20H21F3N4O2/c21-20(22,23)8-7-18(28)27-11-3-10-26(12-13-27)17-6-1-5-16(25-17)19(29)15-4-2-9-24-14-15/h1-2,4-6,9,14H,3,7-8,10-13H2. The number of halogens is 3. The zero-order valence-electron chi connectivity index (χ0n) is 15.7. The second-order valence-electron chi connectivity index (χ2n) is 6.79. The van der Waals surface area contributed by atoms with Crippen molar-refractivity contribution < 1.29 is 22.8 Å². The summed E-state index contributed by atoms with van der Waals surface area (Å²) in [6.07, 6.45) is -2.30. The van der Waals surface area contributed by atoms with Gasteiger partial charge in [-0.2, -0.15) is 13.2 Å². The zero-order chi connectivity index (χ0) is 20.9. The molecule has 1 saturated heterocycles. The van der Waals surface area contributed by atoms with Crippen molar-refractivity contribution in [3.05, 3.63) is 54.0 Å². The van der Waals surface area contributed by atoms with E-state index in [-0.39, 0.29) is 11.5 Å². The van der Waals surface area contributed by atoms with E-state index in [0.29, 0.717) is 44.0 Å². The summed E-state index contributed by atoms with van der Waals surface area (Å²) in [6.45, 7) is 1.76. The number of anilines is 1. The van der Waals surface area contributed by atoms with Crippen LogP contribution in [-0.4, -0.2) is 58.9 Å². The number of carbonyl (C=O) groups excluding carboxylic acids is 2. The molecule has 0 saturated carbocycles. The van der Waals surface area contributed by atoms with Crippen LogP contribution in [0.5, 0.6) is 0 Å². The van der Waals surface area contributed by atoms with Crippen LogP contribution in [0.15, 0.2) is 42.7 Å². The Morgan fingerprint density at radius 3 is 2.59 bits per heavy atom. The summed E-state index contributed by atoms with van der Waals surface area (Å²) >= 11 is 0. The van der Waals surface area contributed by atoms with Crippen LogP contribution in [0.2, 0.25) is 0 Å². The van der Waals surface area contributed by atoms with Crippen molar-refractivity contribution in [2.75, 3.05) is 31.1 Å². The Morgan fingerprint density at radius 1 is 1.03 bits per heavy atom. The van der Waals surface area contributed by atoms with Gasteiger partial charge in [0.2, 0.25) is 11.7 Å². The number of rotatable bonds is 5. The minimum Gasteiger partial charge on any atom is -0.355 e. The summed E-state index contributed by atoms with van der Waals surface area (Å²) in [5, 5.41) is 0. The van der Waals surface area contributed by atoms with Crippen molar-refractivity contribution in [2.24, 2.45) is 0 Å². The maximum absolute atomic E-state index is 12.6. The van der Waals surface area contributed by atoms with Crippen LogP contribution in [-0.2, 0) is 4.79 Å². The van der Waals surface area contributed by atoms with E-state index >= 15 is 0 Å². The normalized spacial score (nSPS) is 15.1. The molecule has 29 heavy (non-hydrogen) atoms. The number of nitrogens with zero attached hydrogens (tertiary/aromatic N) is 4. The minimum absolute atomic E-state index is 0.237. The Morgan fingerprint density at radius 2 is 1.86 bits per heavy atom. The third-order valence-electron chi connectivity index (χ3n) is 4.69. The van der Waals surface area contributed by atoms with Gasteiger partial charge in [-0.3, -0.25) is 14.6 Å². The first kappa shape index (κ1) is 20.8. The smallest absolute Gasteiger partial charge is 0.355 e. The predicted octanol–water partition coefficient (Wildman–Crippen LogP) is 3.09. The summed E-state index contributed by atoms with van der Waals surface area (Å²) in [6, 6.07) is 8.49. The number of amides is 1. The summed E-state index contributed by atoms with van der Waals surface area (Å²) in [5.41, 5.74) is 0.729. The van der Waals surface area contributed by atoms with Gasteiger partial charge in [0, 0.05) is 50.6 Å². The highest BCUT2D eigenvalue weighted by Gasteiger charge is 2.29. The number of hydrogen-bond acceptors (Lipinski definition) is 5. The van der Waals surface area contributed by atoms with E-state index in [1.807, 2.05) is 4.90 Å². The number of carbonyl (C=O) groups is 2. The van der Waals surface area contributed by atoms with Gasteiger partial charge >= 0.3 is 6.18 Å². The quantitative estimate of drug-likeness (QED) is 0.714. The minimum atomic E-state index is -4.33. The van der Waals surface area contributed by atoms with Crippen LogP contribution >= 0.6 is 0 Å². The highest BCUT2D eigenvalue weighted by molar-refractivity contribution is 6.07. The molecule has 0 aromatic carbocycles. The molecular formula is C20H21F3N4O2. The molecule has 0 bridgehead atoms. The highest BCUT2D eigenvalue weighted by Crippen LogP contribution is 2.22. The average Bonchev–Trinajstić information content (AvgIpc) is 2.98. The van der Waals surface area contributed by atoms with E-state index in [2.05, 4.69) is 9.97 Å². The Hall–Kier alpha value is -2.97. The van der Waals surface area contributed by atoms with Gasteiger partial charge in [-0.1, -0.05) is 6.07 Å². The molecule has 1 aliphatic rings. The van der Waals surface area contributed by atoms with E-state index in [0.717, 1.165) is 0 Å². The largest absolute Gasteiger partial charge is 0.389 e. The van der Waals surface area contributed by atoms with Gasteiger partial charge in [-0.25, -0.2) is 4.98 Å². The van der Waals surface area contributed by atoms with Crippen molar-refractivity contribution in [1.29, 1.82) is 0 Å². The maximum atomic E-state index is 12.6. The lowest BCUT2D eigenvalue weighted by molar-refractivity contribution is -0.149. The molecule has 1 amide bonds. The molecule has 0 aliphatic carbocycles. The molecular weight excluding hydrogens is 385 g/mol. The van der Waals surface area contributed by atoms with E-state index in [1.54, 1.807) is 36.5 Å². The van der Waals surface area contributed by atoms with Crippen LogP contribution < -0.4 is 4.90 Å². The predicted molar refractivity (Wildman–Crippen MR) is 101 cm³/mol. The zero-order valence-corrected chi connectivity index (χ0v) is 15.7. The molecule has 3 heterocycles. The number of hydrogen-bond donors (Lipinski definition) is 0. The summed E-state index contributed by atoms with van der Waals surface area (Å²) in [5.74, 6) is -0.124. The first-order valence-corrected chi connectivity index (χ1v) is 9.35. The van der Waals surface area contributed by atoms with Gasteiger partial charge in [-0.15, -0.1) is 0 Å². The lowest BCUT2D eigenvalue weighted by Gasteiger charge is -2.23. The average molecular weight is 406 g/mol. The van der Waals surface area contributed by atoms with Crippen molar-refractivity contribution in [3.8, 4) is 0 Å². The molecule has 0 unspecified atom stereocenters. The van der Waals surface area contributed by atoms with Crippen molar-refractivity contribution >= 4 is 17.5 Å². The van der Waals surface area contributed by atoms with Crippen molar-refractivity contribution in [2.45, 2.75) is 25.4 Å². The van der Waals surface area contributed by atoms with Crippen LogP contribution in [0, 0.1) is 0 Å². The molecule has 2 aromatic heterocycles. The summed E-state index contributed by atoms with van der Waals surface area (Å²) in [7, 11) is 0. The Kier molecular flexibility index (Phi) is 6.46. The Bertz CT molecular complexity index is 858. The van der Waals surface area contributed by atoms with Crippen LogP contribution in [0.1, 0.15) is 35.3 Å². The molecule has 2 aromatic rings. The van der Waals surface area contributed by atoms with Gasteiger partial charge in [0.25, 0.3) is 0 Å². The van der Waals surface area contributed by atoms with Crippen LogP contribution in [0.4, 0.5) is 19.0 Å². The second kappa shape index (κ2) is 9.02. The van der Waals surface area contributed by atoms with E-state index in [1.165, 1.54) is 11.1 Å². The van der Waals surface area contributed by atoms with Crippen molar-refractivity contribution in [3.63, 3.8) is 0 Å². The molecule has 0 atom stereocenters. The SMILES string of the molecule is O=C(c1cccnc1)c1cccc(N2CCCN(C(=O)CCC(F)(F)F)CC2)n1. The van der Waals surface area contributed by atoms with Gasteiger partial charge in [0.1, 0.15) is 11.5 Å². The van der Waals surface area contributed by atoms with E-state index in [9.17, 15) is 22.8 Å². The fraction of sp³-hybridized carbons (Fsp3) is 0.400. The van der Waals surface area contributed by atoms with Gasteiger partial charge in [-0.05, 0) is 30.7 Å². The first-order chi connectivity index (χ1) is 13.8. The van der Waals surface area contributed by atoms with Gasteiger partial charge in [0.15, 0.2) is 0 Å². The molecule has 0 spiro atoms. The third kappa shape index (κ3) is 5.75. The monoisotopic (exact) mass is 406 g/mol. The maximum Gasteiger partial charge on any atom is 0.389 e. The first-order valence-electron chi connectivity index (χ1n) is 9.35. The molecule has 9 heteroatoms. The Labute approximate surface area is 166 Å². The molecule has 0 radical (unpaired) electrons. The fourth-order valence-corrected chi connectivity index (χ4v) is 3.17. The molecule has 6 nitrogen and oxygen atoms in total. The highest BCUT2D eigenvalue weighted by atomic mass is 19.4. The summed E-state index contributed by atoms with van der Waals surface area (Å²) in [4.78, 5) is 36.5. The Balaban J connectivity index is 1.65. The topological polar surface area (TPSA) is 66.4 Å². The van der Waals surface area contributed by atoms with E-state index < -0.39 is 24.9 Å². The molecule has 0 N–H and O–H groups in total. The summed E-state index contributed by atoms with van der Waals surface area (Å²) < 4.78 is 37.1. The molecule has 154 valence electrons. The van der Waals surface area contributed by atoms with Gasteiger partial charge < -0.3 is 9.80 Å². The lowest BCUT2D eigenvalue weighted by atomic mass is 10.1. The van der Waals surface area contributed by atoms with Crippen molar-refractivity contribution in [1.82, 2.24) is 14.9 Å². The van der Waals surface area contributed by atoms with Crippen LogP contribution in [0.25, 0.3) is 0 Å². The number of pyridine rings is 2. The number of ketones is 1. The lowest BCUT2D eigenvalue weighted by Crippen LogP contribution is -2.35. The fourth-order valence-electron chi connectivity index (χ4n) is 3.17. The number of aromatic nitrogens is 2. The van der Waals surface area contributed by atoms with Gasteiger partial charge in [0.05, 0.1) is 6.42 Å². The molecule has 1 aliphatic heterocycles. The third-order valence-corrected chi connectivity index (χ3v) is 4.69. The second-order valence-corrected chi connectivity index (χ2v) is 6.79.